The molecule has 0 atom stereocenters. The molecule has 4 nitrogen and oxygen atoms in total. The molecule has 20 heavy (non-hydrogen) atoms. The monoisotopic (exact) mass is 275 g/mol. The van der Waals surface area contributed by atoms with E-state index in [-0.39, 0.29) is 6.03 Å². The second-order valence-electron chi connectivity index (χ2n) is 5.75. The van der Waals surface area contributed by atoms with Crippen molar-refractivity contribution >= 4 is 6.03 Å². The average molecular weight is 275 g/mol. The van der Waals surface area contributed by atoms with Crippen molar-refractivity contribution in [3.05, 3.63) is 35.4 Å². The zero-order valence-corrected chi connectivity index (χ0v) is 12.7. The van der Waals surface area contributed by atoms with Gasteiger partial charge in [0.05, 0.1) is 0 Å². The molecule has 0 spiro atoms. The van der Waals surface area contributed by atoms with E-state index in [0.29, 0.717) is 6.04 Å². The van der Waals surface area contributed by atoms with Gasteiger partial charge in [-0.3, -0.25) is 0 Å². The third-order valence-electron chi connectivity index (χ3n) is 3.99. The summed E-state index contributed by atoms with van der Waals surface area (Å²) >= 11 is 0. The molecule has 2 amide bonds. The van der Waals surface area contributed by atoms with Crippen molar-refractivity contribution in [2.75, 3.05) is 27.2 Å². The largest absolute Gasteiger partial charge is 0.331 e. The molecule has 1 aromatic carbocycles. The molecule has 0 radical (unpaired) electrons. The third kappa shape index (κ3) is 3.73. The molecule has 1 aliphatic rings. The number of rotatable bonds is 3. The fourth-order valence-corrected chi connectivity index (χ4v) is 2.62. The molecule has 1 aliphatic heterocycles. The fourth-order valence-electron chi connectivity index (χ4n) is 2.62. The summed E-state index contributed by atoms with van der Waals surface area (Å²) in [5.74, 6) is 0. The van der Waals surface area contributed by atoms with Crippen LogP contribution in [-0.2, 0) is 6.54 Å². The lowest BCUT2D eigenvalue weighted by Gasteiger charge is -2.34. The Morgan fingerprint density at radius 3 is 2.55 bits per heavy atom. The zero-order valence-electron chi connectivity index (χ0n) is 12.7. The van der Waals surface area contributed by atoms with Crippen molar-refractivity contribution in [1.29, 1.82) is 0 Å². The molecule has 1 aromatic rings. The number of amides is 2. The molecule has 0 bridgehead atoms. The Morgan fingerprint density at radius 1 is 1.30 bits per heavy atom. The molecule has 2 rings (SSSR count). The second-order valence-corrected chi connectivity index (χ2v) is 5.75. The number of urea groups is 1. The van der Waals surface area contributed by atoms with Crippen molar-refractivity contribution in [3.8, 4) is 0 Å². The number of benzene rings is 1. The van der Waals surface area contributed by atoms with E-state index in [1.807, 2.05) is 19.0 Å². The van der Waals surface area contributed by atoms with Crippen molar-refractivity contribution < 1.29 is 4.79 Å². The van der Waals surface area contributed by atoms with Crippen LogP contribution in [0.25, 0.3) is 0 Å². The van der Waals surface area contributed by atoms with Gasteiger partial charge in [-0.1, -0.05) is 24.3 Å². The number of aryl methyl sites for hydroxylation is 1. The SMILES string of the molecule is Cc1ccccc1CNC1CCN(C(=O)N(C)C)CC1. The van der Waals surface area contributed by atoms with Gasteiger partial charge in [-0.15, -0.1) is 0 Å². The number of carbonyl (C=O) groups is 1. The lowest BCUT2D eigenvalue weighted by Crippen LogP contribution is -2.47. The first-order valence-electron chi connectivity index (χ1n) is 7.32. The second kappa shape index (κ2) is 6.75. The maximum absolute atomic E-state index is 11.9. The number of likely N-dealkylation sites (tertiary alicyclic amines) is 1. The lowest BCUT2D eigenvalue weighted by atomic mass is 10.0. The smallest absolute Gasteiger partial charge is 0.319 e. The van der Waals surface area contributed by atoms with Crippen LogP contribution in [0, 0.1) is 6.92 Å². The summed E-state index contributed by atoms with van der Waals surface area (Å²) in [5.41, 5.74) is 2.69. The molecule has 0 aliphatic carbocycles. The highest BCUT2D eigenvalue weighted by Gasteiger charge is 2.23. The molecular weight excluding hydrogens is 250 g/mol. The van der Waals surface area contributed by atoms with E-state index in [4.69, 9.17) is 0 Å². The molecule has 110 valence electrons. The highest BCUT2D eigenvalue weighted by Crippen LogP contribution is 2.13. The van der Waals surface area contributed by atoms with Crippen LogP contribution in [0.15, 0.2) is 24.3 Å². The number of hydrogen-bond acceptors (Lipinski definition) is 2. The Kier molecular flexibility index (Phi) is 5.01. The number of nitrogens with zero attached hydrogens (tertiary/aromatic N) is 2. The normalized spacial score (nSPS) is 16.2. The van der Waals surface area contributed by atoms with Crippen LogP contribution >= 0.6 is 0 Å². The predicted molar refractivity (Wildman–Crippen MR) is 81.7 cm³/mol. The summed E-state index contributed by atoms with van der Waals surface area (Å²) in [4.78, 5) is 15.5. The standard InChI is InChI=1S/C16H25N3O/c1-13-6-4-5-7-14(13)12-17-15-8-10-19(11-9-15)16(20)18(2)3/h4-7,15,17H,8-12H2,1-3H3. The molecule has 1 heterocycles. The number of hydrogen-bond donors (Lipinski definition) is 1. The first-order chi connectivity index (χ1) is 9.58. The highest BCUT2D eigenvalue weighted by atomic mass is 16.2. The van der Waals surface area contributed by atoms with Gasteiger partial charge in [-0.05, 0) is 30.9 Å². The lowest BCUT2D eigenvalue weighted by molar-refractivity contribution is 0.152. The number of nitrogens with one attached hydrogen (secondary N) is 1. The summed E-state index contributed by atoms with van der Waals surface area (Å²) in [6, 6.07) is 9.12. The number of carbonyl (C=O) groups excluding carboxylic acids is 1. The van der Waals surface area contributed by atoms with Gasteiger partial charge in [0.1, 0.15) is 0 Å². The van der Waals surface area contributed by atoms with Crippen molar-refractivity contribution in [1.82, 2.24) is 15.1 Å². The molecule has 1 fully saturated rings. The zero-order chi connectivity index (χ0) is 14.5. The minimum Gasteiger partial charge on any atom is -0.331 e. The fraction of sp³-hybridized carbons (Fsp3) is 0.562. The van der Waals surface area contributed by atoms with Crippen molar-refractivity contribution in [2.24, 2.45) is 0 Å². The first-order valence-corrected chi connectivity index (χ1v) is 7.32. The molecule has 4 heteroatoms. The highest BCUT2D eigenvalue weighted by molar-refractivity contribution is 5.73. The van der Waals surface area contributed by atoms with Crippen LogP contribution in [0.3, 0.4) is 0 Å². The van der Waals surface area contributed by atoms with Gasteiger partial charge in [0, 0.05) is 39.8 Å². The van der Waals surface area contributed by atoms with Gasteiger partial charge < -0.3 is 15.1 Å². The van der Waals surface area contributed by atoms with Crippen molar-refractivity contribution in [2.45, 2.75) is 32.4 Å². The predicted octanol–water partition coefficient (Wildman–Crippen LogP) is 2.23. The van der Waals surface area contributed by atoms with E-state index >= 15 is 0 Å². The van der Waals surface area contributed by atoms with Gasteiger partial charge in [-0.25, -0.2) is 4.79 Å². The van der Waals surface area contributed by atoms with E-state index < -0.39 is 0 Å². The summed E-state index contributed by atoms with van der Waals surface area (Å²) in [5, 5.41) is 3.62. The molecule has 1 N–H and O–H groups in total. The van der Waals surface area contributed by atoms with Crippen LogP contribution in [0.2, 0.25) is 0 Å². The Hall–Kier alpha value is -1.55. The van der Waals surface area contributed by atoms with Gasteiger partial charge in [0.25, 0.3) is 0 Å². The van der Waals surface area contributed by atoms with Gasteiger partial charge >= 0.3 is 6.03 Å². The molecule has 0 unspecified atom stereocenters. The molecule has 0 aromatic heterocycles. The van der Waals surface area contributed by atoms with Gasteiger partial charge in [0.15, 0.2) is 0 Å². The molecular formula is C16H25N3O. The summed E-state index contributed by atoms with van der Waals surface area (Å²) < 4.78 is 0. The van der Waals surface area contributed by atoms with E-state index in [9.17, 15) is 4.79 Å². The van der Waals surface area contributed by atoms with Crippen LogP contribution in [0.5, 0.6) is 0 Å². The third-order valence-corrected chi connectivity index (χ3v) is 3.99. The Labute approximate surface area is 121 Å². The van der Waals surface area contributed by atoms with E-state index in [0.717, 1.165) is 32.5 Å². The van der Waals surface area contributed by atoms with Crippen LogP contribution in [-0.4, -0.2) is 49.1 Å². The summed E-state index contributed by atoms with van der Waals surface area (Å²) in [7, 11) is 3.62. The van der Waals surface area contributed by atoms with Gasteiger partial charge in [0.2, 0.25) is 0 Å². The maximum atomic E-state index is 11.9. The topological polar surface area (TPSA) is 35.6 Å². The van der Waals surface area contributed by atoms with Crippen molar-refractivity contribution in [3.63, 3.8) is 0 Å². The first kappa shape index (κ1) is 14.9. The van der Waals surface area contributed by atoms with Crippen LogP contribution in [0.1, 0.15) is 24.0 Å². The van der Waals surface area contributed by atoms with Crippen LogP contribution in [0.4, 0.5) is 4.79 Å². The summed E-state index contributed by atoms with van der Waals surface area (Å²) in [6.07, 6.45) is 2.07. The quantitative estimate of drug-likeness (QED) is 0.918. The van der Waals surface area contributed by atoms with E-state index in [1.165, 1.54) is 11.1 Å². The summed E-state index contributed by atoms with van der Waals surface area (Å²) in [6.45, 7) is 4.76. The van der Waals surface area contributed by atoms with Gasteiger partial charge in [-0.2, -0.15) is 0 Å². The minimum absolute atomic E-state index is 0.127. The minimum atomic E-state index is 0.127. The maximum Gasteiger partial charge on any atom is 0.319 e. The molecule has 1 saturated heterocycles. The Morgan fingerprint density at radius 2 is 1.95 bits per heavy atom. The number of piperidine rings is 1. The average Bonchev–Trinajstić information content (AvgIpc) is 2.46. The Bertz CT molecular complexity index is 451. The van der Waals surface area contributed by atoms with E-state index in [1.54, 1.807) is 4.90 Å². The molecule has 0 saturated carbocycles. The van der Waals surface area contributed by atoms with E-state index in [2.05, 4.69) is 36.5 Å². The Balaban J connectivity index is 1.78. The van der Waals surface area contributed by atoms with Crippen LogP contribution < -0.4 is 5.32 Å².